The second kappa shape index (κ2) is 7.07. The minimum atomic E-state index is -0.342. The molecule has 1 amide bonds. The van der Waals surface area contributed by atoms with E-state index in [1.807, 2.05) is 13.8 Å². The van der Waals surface area contributed by atoms with Crippen LogP contribution in [0.2, 0.25) is 0 Å². The molecule has 1 aliphatic rings. The summed E-state index contributed by atoms with van der Waals surface area (Å²) in [5.74, 6) is 0.0386. The molecule has 2 atom stereocenters. The van der Waals surface area contributed by atoms with Gasteiger partial charge in [-0.05, 0) is 18.8 Å². The van der Waals surface area contributed by atoms with Crippen LogP contribution in [0.5, 0.6) is 0 Å². The summed E-state index contributed by atoms with van der Waals surface area (Å²) >= 11 is 0. The van der Waals surface area contributed by atoms with Gasteiger partial charge < -0.3 is 20.5 Å². The molecule has 0 spiro atoms. The molecule has 1 fully saturated rings. The van der Waals surface area contributed by atoms with Crippen LogP contribution in [0.25, 0.3) is 0 Å². The van der Waals surface area contributed by atoms with Crippen molar-refractivity contribution >= 4 is 5.91 Å². The maximum Gasteiger partial charge on any atom is 0.221 e. The lowest BCUT2D eigenvalue weighted by molar-refractivity contribution is -0.122. The molecule has 0 radical (unpaired) electrons. The summed E-state index contributed by atoms with van der Waals surface area (Å²) in [6, 6.07) is 0.124. The van der Waals surface area contributed by atoms with E-state index < -0.39 is 0 Å². The maximum atomic E-state index is 11.8. The Labute approximate surface area is 109 Å². The van der Waals surface area contributed by atoms with Crippen LogP contribution in [-0.2, 0) is 9.53 Å². The quantitative estimate of drug-likeness (QED) is 0.640. The van der Waals surface area contributed by atoms with Crippen molar-refractivity contribution in [2.24, 2.45) is 5.41 Å². The van der Waals surface area contributed by atoms with Crippen molar-refractivity contribution in [1.82, 2.24) is 10.6 Å². The van der Waals surface area contributed by atoms with Crippen LogP contribution in [0.3, 0.4) is 0 Å². The van der Waals surface area contributed by atoms with E-state index >= 15 is 0 Å². The second-order valence-corrected chi connectivity index (χ2v) is 5.92. The number of carbonyl (C=O) groups is 1. The Morgan fingerprint density at radius 1 is 1.61 bits per heavy atom. The van der Waals surface area contributed by atoms with E-state index in [0.717, 1.165) is 13.2 Å². The van der Waals surface area contributed by atoms with E-state index in [1.54, 1.807) is 6.92 Å². The highest BCUT2D eigenvalue weighted by molar-refractivity contribution is 5.76. The highest BCUT2D eigenvalue weighted by atomic mass is 16.5. The first-order valence-corrected chi connectivity index (χ1v) is 6.65. The summed E-state index contributed by atoms with van der Waals surface area (Å²) < 4.78 is 5.31. The molecule has 0 bridgehead atoms. The Bertz CT molecular complexity index is 261. The standard InChI is InChI=1S/C13H26N2O3/c1-10(16)7-13(2,3)9-15-12(17)6-11-8-18-5-4-14-11/h10-11,14,16H,4-9H2,1-3H3,(H,15,17). The number of hydrogen-bond acceptors (Lipinski definition) is 4. The number of carbonyl (C=O) groups excluding carboxylic acids is 1. The number of aliphatic hydroxyl groups is 1. The molecule has 5 nitrogen and oxygen atoms in total. The Kier molecular flexibility index (Phi) is 6.05. The number of hydrogen-bond donors (Lipinski definition) is 3. The zero-order chi connectivity index (χ0) is 13.6. The Balaban J connectivity index is 2.23. The molecule has 18 heavy (non-hydrogen) atoms. The van der Waals surface area contributed by atoms with Crippen LogP contribution in [-0.4, -0.2) is 49.5 Å². The SMILES string of the molecule is CC(O)CC(C)(C)CNC(=O)CC1COCCN1. The molecule has 2 unspecified atom stereocenters. The molecule has 106 valence electrons. The molecule has 3 N–H and O–H groups in total. The first kappa shape index (κ1) is 15.4. The molecule has 1 rings (SSSR count). The fourth-order valence-corrected chi connectivity index (χ4v) is 2.26. The summed E-state index contributed by atoms with van der Waals surface area (Å²) in [5.41, 5.74) is -0.0830. The fourth-order valence-electron chi connectivity index (χ4n) is 2.26. The molecule has 5 heteroatoms. The van der Waals surface area contributed by atoms with Crippen molar-refractivity contribution in [2.45, 2.75) is 45.8 Å². The van der Waals surface area contributed by atoms with Crippen LogP contribution in [0, 0.1) is 5.41 Å². The van der Waals surface area contributed by atoms with E-state index in [9.17, 15) is 9.90 Å². The van der Waals surface area contributed by atoms with Gasteiger partial charge in [-0.25, -0.2) is 0 Å². The summed E-state index contributed by atoms with van der Waals surface area (Å²) in [7, 11) is 0. The van der Waals surface area contributed by atoms with Crippen molar-refractivity contribution in [3.05, 3.63) is 0 Å². The predicted molar refractivity (Wildman–Crippen MR) is 70.3 cm³/mol. The minimum Gasteiger partial charge on any atom is -0.393 e. The van der Waals surface area contributed by atoms with Gasteiger partial charge in [0.25, 0.3) is 0 Å². The summed E-state index contributed by atoms with van der Waals surface area (Å²) in [4.78, 5) is 11.8. The number of amides is 1. The zero-order valence-corrected chi connectivity index (χ0v) is 11.7. The van der Waals surface area contributed by atoms with E-state index in [1.165, 1.54) is 0 Å². The summed E-state index contributed by atoms with van der Waals surface area (Å²) in [5, 5.41) is 15.6. The number of ether oxygens (including phenoxy) is 1. The van der Waals surface area contributed by atoms with Crippen LogP contribution in [0.1, 0.15) is 33.6 Å². The molecule has 0 aromatic rings. The molecular formula is C13H26N2O3. The first-order chi connectivity index (χ1) is 8.39. The van der Waals surface area contributed by atoms with Crippen LogP contribution in [0.15, 0.2) is 0 Å². The van der Waals surface area contributed by atoms with Gasteiger partial charge in [-0.15, -0.1) is 0 Å². The lowest BCUT2D eigenvalue weighted by Crippen LogP contribution is -2.45. The number of morpholine rings is 1. The normalized spacial score (nSPS) is 22.6. The third-order valence-corrected chi connectivity index (χ3v) is 3.04. The average Bonchev–Trinajstić information content (AvgIpc) is 2.26. The second-order valence-electron chi connectivity index (χ2n) is 5.92. The van der Waals surface area contributed by atoms with Gasteiger partial charge in [0.15, 0.2) is 0 Å². The van der Waals surface area contributed by atoms with Gasteiger partial charge in [0, 0.05) is 25.6 Å². The van der Waals surface area contributed by atoms with Crippen molar-refractivity contribution in [3.8, 4) is 0 Å². The van der Waals surface area contributed by atoms with Gasteiger partial charge in [0.05, 0.1) is 19.3 Å². The van der Waals surface area contributed by atoms with Crippen molar-refractivity contribution in [1.29, 1.82) is 0 Å². The first-order valence-electron chi connectivity index (χ1n) is 6.65. The molecule has 1 heterocycles. The summed E-state index contributed by atoms with van der Waals surface area (Å²) in [6.07, 6.45) is 0.786. The van der Waals surface area contributed by atoms with E-state index in [4.69, 9.17) is 4.74 Å². The van der Waals surface area contributed by atoms with Gasteiger partial charge in [-0.2, -0.15) is 0 Å². The third-order valence-electron chi connectivity index (χ3n) is 3.04. The Morgan fingerprint density at radius 3 is 2.89 bits per heavy atom. The lowest BCUT2D eigenvalue weighted by Gasteiger charge is -2.27. The van der Waals surface area contributed by atoms with Crippen LogP contribution in [0.4, 0.5) is 0 Å². The van der Waals surface area contributed by atoms with Crippen molar-refractivity contribution < 1.29 is 14.6 Å². The minimum absolute atomic E-state index is 0.0386. The monoisotopic (exact) mass is 258 g/mol. The van der Waals surface area contributed by atoms with Gasteiger partial charge in [-0.1, -0.05) is 13.8 Å². The Hall–Kier alpha value is -0.650. The lowest BCUT2D eigenvalue weighted by atomic mass is 9.87. The third kappa shape index (κ3) is 6.33. The molecular weight excluding hydrogens is 232 g/mol. The molecule has 0 aliphatic carbocycles. The van der Waals surface area contributed by atoms with Crippen LogP contribution < -0.4 is 10.6 Å². The average molecular weight is 258 g/mol. The number of nitrogens with one attached hydrogen (secondary N) is 2. The van der Waals surface area contributed by atoms with E-state index in [-0.39, 0.29) is 23.5 Å². The van der Waals surface area contributed by atoms with Gasteiger partial charge in [-0.3, -0.25) is 4.79 Å². The topological polar surface area (TPSA) is 70.6 Å². The molecule has 0 saturated carbocycles. The summed E-state index contributed by atoms with van der Waals surface area (Å²) in [6.45, 7) is 8.58. The molecule has 1 saturated heterocycles. The highest BCUT2D eigenvalue weighted by Gasteiger charge is 2.22. The highest BCUT2D eigenvalue weighted by Crippen LogP contribution is 2.21. The fraction of sp³-hybridized carbons (Fsp3) is 0.923. The Morgan fingerprint density at radius 2 is 2.33 bits per heavy atom. The number of aliphatic hydroxyl groups excluding tert-OH is 1. The molecule has 1 aliphatic heterocycles. The van der Waals surface area contributed by atoms with Crippen molar-refractivity contribution in [3.63, 3.8) is 0 Å². The van der Waals surface area contributed by atoms with E-state index in [2.05, 4.69) is 10.6 Å². The predicted octanol–water partition coefficient (Wildman–Crippen LogP) is 0.278. The van der Waals surface area contributed by atoms with E-state index in [0.29, 0.717) is 26.0 Å². The van der Waals surface area contributed by atoms with Crippen molar-refractivity contribution in [2.75, 3.05) is 26.3 Å². The van der Waals surface area contributed by atoms with Crippen LogP contribution >= 0.6 is 0 Å². The molecule has 0 aromatic heterocycles. The van der Waals surface area contributed by atoms with Gasteiger partial charge in [0.2, 0.25) is 5.91 Å². The maximum absolute atomic E-state index is 11.8. The van der Waals surface area contributed by atoms with Gasteiger partial charge in [0.1, 0.15) is 0 Å². The van der Waals surface area contributed by atoms with Gasteiger partial charge >= 0.3 is 0 Å². The largest absolute Gasteiger partial charge is 0.393 e. The smallest absolute Gasteiger partial charge is 0.221 e. The zero-order valence-electron chi connectivity index (χ0n) is 11.7. The number of rotatable bonds is 6. The molecule has 0 aromatic carbocycles.